The number of anilines is 3. The van der Waals surface area contributed by atoms with Gasteiger partial charge in [0.25, 0.3) is 5.91 Å². The summed E-state index contributed by atoms with van der Waals surface area (Å²) >= 11 is 0. The van der Waals surface area contributed by atoms with Gasteiger partial charge in [-0.15, -0.1) is 10.2 Å². The number of benzene rings is 2. The minimum absolute atomic E-state index is 0.213. The van der Waals surface area contributed by atoms with Crippen LogP contribution in [0.3, 0.4) is 0 Å². The third-order valence-electron chi connectivity index (χ3n) is 4.16. The summed E-state index contributed by atoms with van der Waals surface area (Å²) in [5.74, 6) is 0.220. The maximum Gasteiger partial charge on any atom is 0.276 e. The molecule has 0 aliphatic rings. The number of aryl methyl sites for hydroxylation is 2. The molecule has 134 valence electrons. The molecule has 6 heteroatoms. The van der Waals surface area contributed by atoms with Gasteiger partial charge in [0.2, 0.25) is 0 Å². The normalized spacial score (nSPS) is 10.1. The zero-order chi connectivity index (χ0) is 19.2. The van der Waals surface area contributed by atoms with Gasteiger partial charge in [-0.05, 0) is 60.9 Å². The molecule has 0 spiro atoms. The van der Waals surface area contributed by atoms with Crippen LogP contribution in [0.25, 0.3) is 0 Å². The number of nitriles is 1. The predicted molar refractivity (Wildman–Crippen MR) is 105 cm³/mol. The van der Waals surface area contributed by atoms with Crippen molar-refractivity contribution in [3.8, 4) is 6.07 Å². The van der Waals surface area contributed by atoms with Gasteiger partial charge in [0.05, 0.1) is 11.6 Å². The van der Waals surface area contributed by atoms with Crippen LogP contribution in [-0.4, -0.2) is 16.1 Å². The maximum absolute atomic E-state index is 12.3. The van der Waals surface area contributed by atoms with Crippen LogP contribution in [0, 0.1) is 18.3 Å². The van der Waals surface area contributed by atoms with Gasteiger partial charge in [-0.2, -0.15) is 5.26 Å². The molecule has 0 fully saturated rings. The summed E-state index contributed by atoms with van der Waals surface area (Å²) in [6.07, 6.45) is 0.905. The van der Waals surface area contributed by atoms with E-state index in [9.17, 15) is 4.79 Å². The number of hydrogen-bond acceptors (Lipinski definition) is 5. The SMILES string of the molecule is CCc1cccc(C)c1Nc1ccc(C(=O)Nc2ccc(C#N)cc2)nn1. The first kappa shape index (κ1) is 18.1. The van der Waals surface area contributed by atoms with E-state index in [-0.39, 0.29) is 11.6 Å². The van der Waals surface area contributed by atoms with Crippen LogP contribution >= 0.6 is 0 Å². The Hall–Kier alpha value is -3.72. The first-order chi connectivity index (χ1) is 13.1. The van der Waals surface area contributed by atoms with Crippen LogP contribution in [0.1, 0.15) is 34.1 Å². The Labute approximate surface area is 157 Å². The molecule has 2 aromatic carbocycles. The third kappa shape index (κ3) is 4.28. The van der Waals surface area contributed by atoms with E-state index >= 15 is 0 Å². The highest BCUT2D eigenvalue weighted by Gasteiger charge is 2.10. The van der Waals surface area contributed by atoms with Gasteiger partial charge in [-0.1, -0.05) is 25.1 Å². The van der Waals surface area contributed by atoms with Crippen LogP contribution in [0.5, 0.6) is 0 Å². The number of nitrogens with one attached hydrogen (secondary N) is 2. The van der Waals surface area contributed by atoms with Crippen molar-refractivity contribution in [1.29, 1.82) is 5.26 Å². The van der Waals surface area contributed by atoms with Crippen LogP contribution in [0.15, 0.2) is 54.6 Å². The molecule has 0 bridgehead atoms. The standard InChI is InChI=1S/C21H19N5O/c1-3-16-6-4-5-14(2)20(16)24-19-12-11-18(25-26-19)21(27)23-17-9-7-15(13-22)8-10-17/h4-12H,3H2,1-2H3,(H,23,27)(H,24,26). The van der Waals surface area contributed by atoms with Crippen molar-refractivity contribution < 1.29 is 4.79 Å². The van der Waals surface area contributed by atoms with E-state index in [4.69, 9.17) is 5.26 Å². The van der Waals surface area contributed by atoms with E-state index in [0.717, 1.165) is 17.7 Å². The van der Waals surface area contributed by atoms with Gasteiger partial charge in [0, 0.05) is 11.4 Å². The van der Waals surface area contributed by atoms with E-state index in [1.54, 1.807) is 36.4 Å². The van der Waals surface area contributed by atoms with Gasteiger partial charge < -0.3 is 10.6 Å². The number of para-hydroxylation sites is 1. The van der Waals surface area contributed by atoms with Crippen LogP contribution < -0.4 is 10.6 Å². The molecule has 0 aliphatic carbocycles. The van der Waals surface area contributed by atoms with E-state index in [1.165, 1.54) is 5.56 Å². The Kier molecular flexibility index (Phi) is 5.43. The number of aromatic nitrogens is 2. The van der Waals surface area contributed by atoms with E-state index in [0.29, 0.717) is 17.1 Å². The molecule has 27 heavy (non-hydrogen) atoms. The Morgan fingerprint density at radius 3 is 2.48 bits per heavy atom. The van der Waals surface area contributed by atoms with Gasteiger partial charge >= 0.3 is 0 Å². The Morgan fingerprint density at radius 1 is 1.07 bits per heavy atom. The third-order valence-corrected chi connectivity index (χ3v) is 4.16. The molecule has 0 atom stereocenters. The minimum atomic E-state index is -0.358. The maximum atomic E-state index is 12.3. The average molecular weight is 357 g/mol. The Bertz CT molecular complexity index is 989. The summed E-state index contributed by atoms with van der Waals surface area (Å²) in [7, 11) is 0. The van der Waals surface area contributed by atoms with Gasteiger partial charge in [0.1, 0.15) is 0 Å². The Balaban J connectivity index is 1.71. The minimum Gasteiger partial charge on any atom is -0.338 e. The zero-order valence-electron chi connectivity index (χ0n) is 15.2. The molecule has 1 heterocycles. The fourth-order valence-corrected chi connectivity index (χ4v) is 2.67. The molecule has 3 aromatic rings. The topological polar surface area (TPSA) is 90.7 Å². The number of carbonyl (C=O) groups is 1. The number of carbonyl (C=O) groups excluding carboxylic acids is 1. The highest BCUT2D eigenvalue weighted by Crippen LogP contribution is 2.24. The highest BCUT2D eigenvalue weighted by atomic mass is 16.1. The molecule has 3 rings (SSSR count). The average Bonchev–Trinajstić information content (AvgIpc) is 2.70. The summed E-state index contributed by atoms with van der Waals surface area (Å²) < 4.78 is 0. The second-order valence-corrected chi connectivity index (χ2v) is 6.03. The second kappa shape index (κ2) is 8.11. The quantitative estimate of drug-likeness (QED) is 0.713. The van der Waals surface area contributed by atoms with Crippen molar-refractivity contribution in [1.82, 2.24) is 10.2 Å². The van der Waals surface area contributed by atoms with Gasteiger partial charge in [-0.25, -0.2) is 0 Å². The second-order valence-electron chi connectivity index (χ2n) is 6.03. The molecule has 2 N–H and O–H groups in total. The number of hydrogen-bond donors (Lipinski definition) is 2. The highest BCUT2D eigenvalue weighted by molar-refractivity contribution is 6.02. The summed E-state index contributed by atoms with van der Waals surface area (Å²) in [6.45, 7) is 4.14. The monoisotopic (exact) mass is 357 g/mol. The van der Waals surface area contributed by atoms with Crippen molar-refractivity contribution in [2.75, 3.05) is 10.6 Å². The van der Waals surface area contributed by atoms with Crippen molar-refractivity contribution in [3.05, 3.63) is 77.0 Å². The lowest BCUT2D eigenvalue weighted by Gasteiger charge is -2.13. The predicted octanol–water partition coefficient (Wildman–Crippen LogP) is 4.22. The number of rotatable bonds is 5. The lowest BCUT2D eigenvalue weighted by molar-refractivity contribution is 0.102. The molecule has 1 amide bonds. The molecular formula is C21H19N5O. The fourth-order valence-electron chi connectivity index (χ4n) is 2.67. The summed E-state index contributed by atoms with van der Waals surface area (Å²) in [5, 5.41) is 23.0. The van der Waals surface area contributed by atoms with Crippen molar-refractivity contribution >= 4 is 23.1 Å². The van der Waals surface area contributed by atoms with Crippen molar-refractivity contribution in [2.45, 2.75) is 20.3 Å². The van der Waals surface area contributed by atoms with E-state index in [1.807, 2.05) is 25.1 Å². The fraction of sp³-hybridized carbons (Fsp3) is 0.143. The molecule has 0 saturated carbocycles. The van der Waals surface area contributed by atoms with Crippen molar-refractivity contribution in [3.63, 3.8) is 0 Å². The van der Waals surface area contributed by atoms with Crippen LogP contribution in [-0.2, 0) is 6.42 Å². The van der Waals surface area contributed by atoms with Gasteiger partial charge in [-0.3, -0.25) is 4.79 Å². The number of amides is 1. The molecule has 1 aromatic heterocycles. The molecule has 6 nitrogen and oxygen atoms in total. The number of nitrogens with zero attached hydrogens (tertiary/aromatic N) is 3. The largest absolute Gasteiger partial charge is 0.338 e. The molecule has 0 radical (unpaired) electrons. The first-order valence-electron chi connectivity index (χ1n) is 8.61. The summed E-state index contributed by atoms with van der Waals surface area (Å²) in [5.41, 5.74) is 4.68. The smallest absolute Gasteiger partial charge is 0.276 e. The summed E-state index contributed by atoms with van der Waals surface area (Å²) in [4.78, 5) is 12.3. The molecule has 0 unspecified atom stereocenters. The Morgan fingerprint density at radius 2 is 1.85 bits per heavy atom. The van der Waals surface area contributed by atoms with E-state index < -0.39 is 0 Å². The van der Waals surface area contributed by atoms with Crippen molar-refractivity contribution in [2.24, 2.45) is 0 Å². The van der Waals surface area contributed by atoms with Crippen LogP contribution in [0.4, 0.5) is 17.2 Å². The summed E-state index contributed by atoms with van der Waals surface area (Å²) in [6, 6.07) is 18.1. The first-order valence-corrected chi connectivity index (χ1v) is 8.61. The van der Waals surface area contributed by atoms with Crippen LogP contribution in [0.2, 0.25) is 0 Å². The lowest BCUT2D eigenvalue weighted by Crippen LogP contribution is -2.14. The van der Waals surface area contributed by atoms with E-state index in [2.05, 4.69) is 33.8 Å². The molecular weight excluding hydrogens is 338 g/mol. The van der Waals surface area contributed by atoms with Gasteiger partial charge in [0.15, 0.2) is 11.5 Å². The zero-order valence-corrected chi connectivity index (χ0v) is 15.2. The lowest BCUT2D eigenvalue weighted by atomic mass is 10.1. The molecule has 0 saturated heterocycles. The molecule has 0 aliphatic heterocycles.